The first-order chi connectivity index (χ1) is 8.76. The van der Waals surface area contributed by atoms with Crippen molar-refractivity contribution in [2.45, 2.75) is 46.1 Å². The van der Waals surface area contributed by atoms with Crippen molar-refractivity contribution in [3.8, 4) is 0 Å². The van der Waals surface area contributed by atoms with Crippen LogP contribution < -0.4 is 5.32 Å². The SMILES string of the molecule is CCCNC(CCc1cccc(C)c1)COCC. The van der Waals surface area contributed by atoms with E-state index in [1.807, 2.05) is 0 Å². The van der Waals surface area contributed by atoms with Gasteiger partial charge in [-0.3, -0.25) is 0 Å². The molecule has 0 amide bonds. The number of hydrogen-bond donors (Lipinski definition) is 1. The molecule has 0 bridgehead atoms. The summed E-state index contributed by atoms with van der Waals surface area (Å²) in [4.78, 5) is 0. The van der Waals surface area contributed by atoms with Crippen LogP contribution in [0.3, 0.4) is 0 Å². The molecule has 0 aliphatic heterocycles. The summed E-state index contributed by atoms with van der Waals surface area (Å²) < 4.78 is 5.54. The molecule has 0 saturated heterocycles. The molecule has 1 atom stereocenters. The van der Waals surface area contributed by atoms with Gasteiger partial charge in [-0.05, 0) is 45.2 Å². The third kappa shape index (κ3) is 6.18. The summed E-state index contributed by atoms with van der Waals surface area (Å²) in [6.45, 7) is 9.10. The maximum absolute atomic E-state index is 5.54. The van der Waals surface area contributed by atoms with Gasteiger partial charge in [0.25, 0.3) is 0 Å². The Bertz CT molecular complexity index is 317. The average molecular weight is 249 g/mol. The van der Waals surface area contributed by atoms with Gasteiger partial charge in [0.2, 0.25) is 0 Å². The van der Waals surface area contributed by atoms with Gasteiger partial charge in [0, 0.05) is 12.6 Å². The highest BCUT2D eigenvalue weighted by atomic mass is 16.5. The highest BCUT2D eigenvalue weighted by molar-refractivity contribution is 5.22. The smallest absolute Gasteiger partial charge is 0.0619 e. The molecule has 1 unspecified atom stereocenters. The van der Waals surface area contributed by atoms with Gasteiger partial charge in [0.15, 0.2) is 0 Å². The van der Waals surface area contributed by atoms with E-state index in [0.717, 1.165) is 32.6 Å². The average Bonchev–Trinajstić information content (AvgIpc) is 2.38. The van der Waals surface area contributed by atoms with Crippen molar-refractivity contribution in [3.63, 3.8) is 0 Å². The van der Waals surface area contributed by atoms with Gasteiger partial charge in [-0.15, -0.1) is 0 Å². The Hall–Kier alpha value is -0.860. The summed E-state index contributed by atoms with van der Waals surface area (Å²) >= 11 is 0. The molecule has 0 aliphatic carbocycles. The van der Waals surface area contributed by atoms with Crippen molar-refractivity contribution < 1.29 is 4.74 Å². The van der Waals surface area contributed by atoms with E-state index in [4.69, 9.17) is 4.74 Å². The summed E-state index contributed by atoms with van der Waals surface area (Å²) in [5, 5.41) is 3.56. The standard InChI is InChI=1S/C16H27NO/c1-4-11-17-16(13-18-5-2)10-9-15-8-6-7-14(3)12-15/h6-8,12,16-17H,4-5,9-11,13H2,1-3H3. The predicted molar refractivity (Wildman–Crippen MR) is 78.1 cm³/mol. The highest BCUT2D eigenvalue weighted by Gasteiger charge is 2.07. The Morgan fingerprint density at radius 3 is 2.78 bits per heavy atom. The molecule has 0 fully saturated rings. The van der Waals surface area contributed by atoms with E-state index < -0.39 is 0 Å². The van der Waals surface area contributed by atoms with E-state index in [2.05, 4.69) is 50.4 Å². The van der Waals surface area contributed by atoms with E-state index in [0.29, 0.717) is 6.04 Å². The third-order valence-corrected chi connectivity index (χ3v) is 3.07. The first kappa shape index (κ1) is 15.2. The molecule has 0 radical (unpaired) electrons. The van der Waals surface area contributed by atoms with Gasteiger partial charge in [0.1, 0.15) is 0 Å². The maximum Gasteiger partial charge on any atom is 0.0619 e. The van der Waals surface area contributed by atoms with Crippen molar-refractivity contribution in [1.29, 1.82) is 0 Å². The summed E-state index contributed by atoms with van der Waals surface area (Å²) in [6, 6.07) is 9.26. The van der Waals surface area contributed by atoms with Crippen molar-refractivity contribution in [1.82, 2.24) is 5.32 Å². The normalized spacial score (nSPS) is 12.6. The number of ether oxygens (including phenoxy) is 1. The molecular formula is C16H27NO. The summed E-state index contributed by atoms with van der Waals surface area (Å²) in [6.07, 6.45) is 3.44. The van der Waals surface area contributed by atoms with Crippen molar-refractivity contribution >= 4 is 0 Å². The second-order valence-corrected chi connectivity index (χ2v) is 4.84. The molecule has 1 aromatic rings. The molecule has 102 valence electrons. The van der Waals surface area contributed by atoms with Gasteiger partial charge in [-0.2, -0.15) is 0 Å². The largest absolute Gasteiger partial charge is 0.380 e. The van der Waals surface area contributed by atoms with Crippen LogP contribution in [0.2, 0.25) is 0 Å². The van der Waals surface area contributed by atoms with Crippen molar-refractivity contribution in [2.24, 2.45) is 0 Å². The van der Waals surface area contributed by atoms with E-state index in [1.54, 1.807) is 0 Å². The first-order valence-electron chi connectivity index (χ1n) is 7.13. The van der Waals surface area contributed by atoms with Crippen LogP contribution in [-0.4, -0.2) is 25.8 Å². The van der Waals surface area contributed by atoms with E-state index >= 15 is 0 Å². The van der Waals surface area contributed by atoms with E-state index in [9.17, 15) is 0 Å². The fourth-order valence-corrected chi connectivity index (χ4v) is 2.06. The van der Waals surface area contributed by atoms with Crippen LogP contribution in [0.15, 0.2) is 24.3 Å². The van der Waals surface area contributed by atoms with Gasteiger partial charge < -0.3 is 10.1 Å². The quantitative estimate of drug-likeness (QED) is 0.725. The molecule has 0 aliphatic rings. The predicted octanol–water partition coefficient (Wildman–Crippen LogP) is 3.33. The maximum atomic E-state index is 5.54. The van der Waals surface area contributed by atoms with Gasteiger partial charge >= 0.3 is 0 Å². The number of nitrogens with one attached hydrogen (secondary N) is 1. The number of rotatable bonds is 9. The van der Waals surface area contributed by atoms with Crippen LogP contribution in [0.5, 0.6) is 0 Å². The lowest BCUT2D eigenvalue weighted by Gasteiger charge is -2.18. The van der Waals surface area contributed by atoms with Crippen molar-refractivity contribution in [3.05, 3.63) is 35.4 Å². The Balaban J connectivity index is 2.39. The van der Waals surface area contributed by atoms with E-state index in [-0.39, 0.29) is 0 Å². The second kappa shape index (κ2) is 9.12. The van der Waals surface area contributed by atoms with Crippen molar-refractivity contribution in [2.75, 3.05) is 19.8 Å². The molecule has 0 heterocycles. The molecule has 1 N–H and O–H groups in total. The highest BCUT2D eigenvalue weighted by Crippen LogP contribution is 2.08. The lowest BCUT2D eigenvalue weighted by atomic mass is 10.0. The van der Waals surface area contributed by atoms with Gasteiger partial charge in [0.05, 0.1) is 6.61 Å². The van der Waals surface area contributed by atoms with Crippen LogP contribution in [0.1, 0.15) is 37.8 Å². The molecule has 0 spiro atoms. The topological polar surface area (TPSA) is 21.3 Å². The Kier molecular flexibility index (Phi) is 7.70. The van der Waals surface area contributed by atoms with E-state index in [1.165, 1.54) is 17.5 Å². The minimum absolute atomic E-state index is 0.477. The monoisotopic (exact) mass is 249 g/mol. The van der Waals surface area contributed by atoms with Gasteiger partial charge in [-0.25, -0.2) is 0 Å². The van der Waals surface area contributed by atoms with Crippen LogP contribution >= 0.6 is 0 Å². The first-order valence-corrected chi connectivity index (χ1v) is 7.13. The molecule has 2 nitrogen and oxygen atoms in total. The lowest BCUT2D eigenvalue weighted by molar-refractivity contribution is 0.120. The van der Waals surface area contributed by atoms with Crippen LogP contribution in [-0.2, 0) is 11.2 Å². The molecule has 0 aromatic heterocycles. The number of hydrogen-bond acceptors (Lipinski definition) is 2. The number of aryl methyl sites for hydroxylation is 2. The van der Waals surface area contributed by atoms with Crippen LogP contribution in [0.25, 0.3) is 0 Å². The molecule has 2 heteroatoms. The zero-order chi connectivity index (χ0) is 13.2. The Labute approximate surface area is 112 Å². The zero-order valence-electron chi connectivity index (χ0n) is 12.0. The fourth-order valence-electron chi connectivity index (χ4n) is 2.06. The molecule has 1 rings (SSSR count). The molecule has 0 saturated carbocycles. The second-order valence-electron chi connectivity index (χ2n) is 4.84. The van der Waals surface area contributed by atoms with Crippen LogP contribution in [0, 0.1) is 6.92 Å². The molecule has 1 aromatic carbocycles. The summed E-state index contributed by atoms with van der Waals surface area (Å²) in [5.41, 5.74) is 2.77. The number of benzene rings is 1. The zero-order valence-corrected chi connectivity index (χ0v) is 12.0. The van der Waals surface area contributed by atoms with Gasteiger partial charge in [-0.1, -0.05) is 36.8 Å². The summed E-state index contributed by atoms with van der Waals surface area (Å²) in [7, 11) is 0. The third-order valence-electron chi connectivity index (χ3n) is 3.07. The fraction of sp³-hybridized carbons (Fsp3) is 0.625. The minimum Gasteiger partial charge on any atom is -0.380 e. The summed E-state index contributed by atoms with van der Waals surface area (Å²) in [5.74, 6) is 0. The lowest BCUT2D eigenvalue weighted by Crippen LogP contribution is -2.34. The molecular weight excluding hydrogens is 222 g/mol. The Morgan fingerprint density at radius 2 is 2.11 bits per heavy atom. The molecule has 18 heavy (non-hydrogen) atoms. The minimum atomic E-state index is 0.477. The Morgan fingerprint density at radius 1 is 1.28 bits per heavy atom. The van der Waals surface area contributed by atoms with Crippen LogP contribution in [0.4, 0.5) is 0 Å².